The molecule has 32 heavy (non-hydrogen) atoms. The number of anilines is 1. The number of nitrogens with zero attached hydrogens (tertiary/aromatic N) is 2. The smallest absolute Gasteiger partial charge is 0.264 e. The van der Waals surface area contributed by atoms with Crippen LogP contribution in [0.5, 0.6) is 17.2 Å². The lowest BCUT2D eigenvalue weighted by molar-refractivity contribution is 0.102. The Hall–Kier alpha value is -4.04. The third-order valence-electron chi connectivity index (χ3n) is 4.69. The van der Waals surface area contributed by atoms with Gasteiger partial charge in [0.25, 0.3) is 11.8 Å². The molecule has 2 heterocycles. The minimum Gasteiger partial charge on any atom is -0.482 e. The second kappa shape index (κ2) is 8.60. The molecule has 0 bridgehead atoms. The first-order valence-electron chi connectivity index (χ1n) is 9.67. The number of rotatable bonds is 6. The van der Waals surface area contributed by atoms with Gasteiger partial charge in [-0.25, -0.2) is 0 Å². The quantitative estimate of drug-likeness (QED) is 0.445. The highest BCUT2D eigenvalue weighted by Crippen LogP contribution is 2.32. The molecule has 0 fully saturated rings. The van der Waals surface area contributed by atoms with E-state index >= 15 is 0 Å². The molecule has 1 N–H and O–H groups in total. The molecule has 3 aromatic carbocycles. The van der Waals surface area contributed by atoms with Crippen LogP contribution in [0.4, 0.5) is 5.69 Å². The standard InChI is InChI=1S/C23H16ClN3O5/c24-17-3-1-2-4-18(17)29-12-21-26-22(27-32-21)14-5-8-16(9-6-14)25-23(28)15-7-10-19-20(11-15)31-13-30-19/h1-11H,12-13H2,(H,25,28). The number of aromatic nitrogens is 2. The van der Waals surface area contributed by atoms with Crippen LogP contribution >= 0.6 is 11.6 Å². The van der Waals surface area contributed by atoms with Crippen LogP contribution in [-0.4, -0.2) is 22.8 Å². The number of benzene rings is 3. The Kier molecular flexibility index (Phi) is 5.35. The molecule has 4 aromatic rings. The lowest BCUT2D eigenvalue weighted by atomic mass is 10.1. The number of halogens is 1. The summed E-state index contributed by atoms with van der Waals surface area (Å²) >= 11 is 6.07. The molecule has 0 saturated heterocycles. The first-order valence-corrected chi connectivity index (χ1v) is 10.0. The lowest BCUT2D eigenvalue weighted by Gasteiger charge is -2.06. The third kappa shape index (κ3) is 4.21. The zero-order valence-electron chi connectivity index (χ0n) is 16.6. The van der Waals surface area contributed by atoms with Gasteiger partial charge in [0.15, 0.2) is 18.1 Å². The van der Waals surface area contributed by atoms with Gasteiger partial charge in [-0.15, -0.1) is 0 Å². The van der Waals surface area contributed by atoms with Crippen molar-refractivity contribution in [1.29, 1.82) is 0 Å². The van der Waals surface area contributed by atoms with Crippen LogP contribution in [0.1, 0.15) is 16.2 Å². The first kappa shape index (κ1) is 19.9. The molecule has 1 aromatic heterocycles. The predicted molar refractivity (Wildman–Crippen MR) is 116 cm³/mol. The molecule has 1 amide bonds. The van der Waals surface area contributed by atoms with E-state index in [1.807, 2.05) is 12.1 Å². The van der Waals surface area contributed by atoms with E-state index in [0.29, 0.717) is 45.2 Å². The van der Waals surface area contributed by atoms with Crippen LogP contribution in [0, 0.1) is 0 Å². The van der Waals surface area contributed by atoms with E-state index in [1.54, 1.807) is 54.6 Å². The molecule has 0 radical (unpaired) electrons. The van der Waals surface area contributed by atoms with Gasteiger partial charge in [0.1, 0.15) is 5.75 Å². The van der Waals surface area contributed by atoms with Crippen molar-refractivity contribution in [2.45, 2.75) is 6.61 Å². The summed E-state index contributed by atoms with van der Waals surface area (Å²) in [5, 5.41) is 7.33. The Bertz CT molecular complexity index is 1270. The van der Waals surface area contributed by atoms with E-state index in [2.05, 4.69) is 15.5 Å². The van der Waals surface area contributed by atoms with Gasteiger partial charge < -0.3 is 24.1 Å². The maximum absolute atomic E-state index is 12.5. The second-order valence-electron chi connectivity index (χ2n) is 6.83. The van der Waals surface area contributed by atoms with Crippen LogP contribution in [0.25, 0.3) is 11.4 Å². The molecule has 0 unspecified atom stereocenters. The molecular weight excluding hydrogens is 434 g/mol. The van der Waals surface area contributed by atoms with E-state index in [9.17, 15) is 4.79 Å². The van der Waals surface area contributed by atoms with Crippen molar-refractivity contribution in [2.75, 3.05) is 12.1 Å². The largest absolute Gasteiger partial charge is 0.482 e. The topological polar surface area (TPSA) is 95.7 Å². The van der Waals surface area contributed by atoms with Crippen LogP contribution in [-0.2, 0) is 6.61 Å². The van der Waals surface area contributed by atoms with E-state index < -0.39 is 0 Å². The second-order valence-corrected chi connectivity index (χ2v) is 7.24. The molecule has 0 atom stereocenters. The van der Waals surface area contributed by atoms with Gasteiger partial charge in [0, 0.05) is 16.8 Å². The van der Waals surface area contributed by atoms with E-state index in [4.69, 9.17) is 30.3 Å². The van der Waals surface area contributed by atoms with Gasteiger partial charge in [-0.1, -0.05) is 28.9 Å². The van der Waals surface area contributed by atoms with E-state index in [-0.39, 0.29) is 19.3 Å². The first-order chi connectivity index (χ1) is 15.7. The molecule has 0 saturated carbocycles. The number of hydrogen-bond donors (Lipinski definition) is 1. The summed E-state index contributed by atoms with van der Waals surface area (Å²) in [7, 11) is 0. The molecule has 0 spiro atoms. The van der Waals surface area contributed by atoms with E-state index in [1.165, 1.54) is 0 Å². The predicted octanol–water partition coefficient (Wildman–Crippen LogP) is 4.95. The highest BCUT2D eigenvalue weighted by Gasteiger charge is 2.16. The fourth-order valence-corrected chi connectivity index (χ4v) is 3.27. The van der Waals surface area contributed by atoms with Crippen molar-refractivity contribution in [3.63, 3.8) is 0 Å². The lowest BCUT2D eigenvalue weighted by Crippen LogP contribution is -2.11. The van der Waals surface area contributed by atoms with Crippen molar-refractivity contribution >= 4 is 23.2 Å². The fourth-order valence-electron chi connectivity index (χ4n) is 3.08. The monoisotopic (exact) mass is 449 g/mol. The van der Waals surface area contributed by atoms with Crippen LogP contribution in [0.3, 0.4) is 0 Å². The van der Waals surface area contributed by atoms with Gasteiger partial charge in [0.2, 0.25) is 12.6 Å². The van der Waals surface area contributed by atoms with Gasteiger partial charge in [-0.2, -0.15) is 4.98 Å². The summed E-state index contributed by atoms with van der Waals surface area (Å²) in [4.78, 5) is 16.9. The minimum atomic E-state index is -0.255. The highest BCUT2D eigenvalue weighted by atomic mass is 35.5. The van der Waals surface area contributed by atoms with Crippen LogP contribution in [0.2, 0.25) is 5.02 Å². The van der Waals surface area contributed by atoms with Crippen molar-refractivity contribution in [3.8, 4) is 28.6 Å². The average molecular weight is 450 g/mol. The van der Waals surface area contributed by atoms with Gasteiger partial charge in [-0.05, 0) is 54.6 Å². The number of fused-ring (bicyclic) bond motifs is 1. The third-order valence-corrected chi connectivity index (χ3v) is 5.00. The number of carbonyl (C=O) groups excluding carboxylic acids is 1. The number of para-hydroxylation sites is 1. The highest BCUT2D eigenvalue weighted by molar-refractivity contribution is 6.32. The Morgan fingerprint density at radius 2 is 1.84 bits per heavy atom. The number of amides is 1. The number of hydrogen-bond acceptors (Lipinski definition) is 7. The summed E-state index contributed by atoms with van der Waals surface area (Å²) in [5.41, 5.74) is 1.83. The summed E-state index contributed by atoms with van der Waals surface area (Å²) in [6.07, 6.45) is 0. The number of carbonyl (C=O) groups is 1. The molecule has 5 rings (SSSR count). The molecule has 9 heteroatoms. The maximum atomic E-state index is 12.5. The Morgan fingerprint density at radius 3 is 2.69 bits per heavy atom. The zero-order valence-corrected chi connectivity index (χ0v) is 17.3. The maximum Gasteiger partial charge on any atom is 0.264 e. The summed E-state index contributed by atoms with van der Waals surface area (Å²) < 4.78 is 21.4. The van der Waals surface area contributed by atoms with Crippen LogP contribution in [0.15, 0.2) is 71.3 Å². The zero-order chi connectivity index (χ0) is 21.9. The Balaban J connectivity index is 1.22. The average Bonchev–Trinajstić information content (AvgIpc) is 3.48. The van der Waals surface area contributed by atoms with Gasteiger partial charge in [0.05, 0.1) is 5.02 Å². The minimum absolute atomic E-state index is 0.0976. The molecule has 8 nitrogen and oxygen atoms in total. The number of ether oxygens (including phenoxy) is 3. The number of nitrogens with one attached hydrogen (secondary N) is 1. The van der Waals surface area contributed by atoms with Crippen LogP contribution < -0.4 is 19.5 Å². The SMILES string of the molecule is O=C(Nc1ccc(-c2noc(COc3ccccc3Cl)n2)cc1)c1ccc2c(c1)OCO2. The molecular formula is C23H16ClN3O5. The fraction of sp³-hybridized carbons (Fsp3) is 0.0870. The van der Waals surface area contributed by atoms with Crippen molar-refractivity contribution in [3.05, 3.63) is 83.2 Å². The summed E-state index contributed by atoms with van der Waals surface area (Å²) in [6.45, 7) is 0.256. The normalized spacial score (nSPS) is 11.9. The molecule has 1 aliphatic heterocycles. The van der Waals surface area contributed by atoms with Crippen molar-refractivity contribution in [1.82, 2.24) is 10.1 Å². The summed E-state index contributed by atoms with van der Waals surface area (Å²) in [5.74, 6) is 2.20. The van der Waals surface area contributed by atoms with Gasteiger partial charge in [-0.3, -0.25) is 4.79 Å². The van der Waals surface area contributed by atoms with Crippen molar-refractivity contribution in [2.24, 2.45) is 0 Å². The van der Waals surface area contributed by atoms with Crippen molar-refractivity contribution < 1.29 is 23.5 Å². The molecule has 0 aliphatic carbocycles. The van der Waals surface area contributed by atoms with E-state index in [0.717, 1.165) is 5.56 Å². The Labute approximate surface area is 187 Å². The Morgan fingerprint density at radius 1 is 1.03 bits per heavy atom. The molecule has 1 aliphatic rings. The van der Waals surface area contributed by atoms with Gasteiger partial charge >= 0.3 is 0 Å². The molecule has 160 valence electrons. The summed E-state index contributed by atoms with van der Waals surface area (Å²) in [6, 6.07) is 19.3.